The van der Waals surface area contributed by atoms with E-state index in [1.54, 1.807) is 6.20 Å². The maximum absolute atomic E-state index is 9.50. The average molecular weight is 168 g/mol. The molecule has 1 aromatic heterocycles. The van der Waals surface area contributed by atoms with Gasteiger partial charge in [-0.3, -0.25) is 0 Å². The molecule has 0 spiro atoms. The fourth-order valence-corrected chi connectivity index (χ4v) is 1.25. The third kappa shape index (κ3) is 2.34. The lowest BCUT2D eigenvalue weighted by molar-refractivity contribution is 0.142. The minimum atomic E-state index is -0.233. The van der Waals surface area contributed by atoms with Crippen LogP contribution in [0.2, 0.25) is 0 Å². The molecule has 3 nitrogen and oxygen atoms in total. The summed E-state index contributed by atoms with van der Waals surface area (Å²) in [6, 6.07) is 0. The van der Waals surface area contributed by atoms with E-state index in [9.17, 15) is 5.11 Å². The Bertz CT molecular complexity index is 232. The molecule has 0 bridgehead atoms. The summed E-state index contributed by atoms with van der Waals surface area (Å²) in [5, 5.41) is 9.50. The minimum absolute atomic E-state index is 0.233. The molecular formula is C9H16N2O. The summed E-state index contributed by atoms with van der Waals surface area (Å²) in [6.45, 7) is 4.68. The second-order valence-electron chi connectivity index (χ2n) is 3.07. The SMILES string of the molecule is CCCC(O)Cn1ccnc1C. The summed E-state index contributed by atoms with van der Waals surface area (Å²) in [5.41, 5.74) is 0. The van der Waals surface area contributed by atoms with Gasteiger partial charge in [-0.2, -0.15) is 0 Å². The quantitative estimate of drug-likeness (QED) is 0.737. The molecule has 1 atom stereocenters. The fourth-order valence-electron chi connectivity index (χ4n) is 1.25. The Kier molecular flexibility index (Phi) is 3.29. The number of aliphatic hydroxyl groups is 1. The summed E-state index contributed by atoms with van der Waals surface area (Å²) < 4.78 is 1.97. The van der Waals surface area contributed by atoms with Gasteiger partial charge in [0.25, 0.3) is 0 Å². The van der Waals surface area contributed by atoms with Crippen molar-refractivity contribution in [2.45, 2.75) is 39.3 Å². The maximum Gasteiger partial charge on any atom is 0.105 e. The third-order valence-electron chi connectivity index (χ3n) is 1.95. The molecule has 0 radical (unpaired) electrons. The van der Waals surface area contributed by atoms with E-state index in [0.29, 0.717) is 6.54 Å². The first-order valence-electron chi connectivity index (χ1n) is 4.39. The van der Waals surface area contributed by atoms with Gasteiger partial charge in [0.2, 0.25) is 0 Å². The van der Waals surface area contributed by atoms with E-state index < -0.39 is 0 Å². The smallest absolute Gasteiger partial charge is 0.105 e. The van der Waals surface area contributed by atoms with Crippen LogP contribution in [0.3, 0.4) is 0 Å². The van der Waals surface area contributed by atoms with Crippen LogP contribution in [0, 0.1) is 6.92 Å². The number of hydrogen-bond donors (Lipinski definition) is 1. The first-order chi connectivity index (χ1) is 5.74. The summed E-state index contributed by atoms with van der Waals surface area (Å²) in [4.78, 5) is 4.08. The van der Waals surface area contributed by atoms with Crippen molar-refractivity contribution < 1.29 is 5.11 Å². The van der Waals surface area contributed by atoms with Crippen LogP contribution >= 0.6 is 0 Å². The molecule has 68 valence electrons. The standard InChI is InChI=1S/C9H16N2O/c1-3-4-9(12)7-11-6-5-10-8(11)2/h5-6,9,12H,3-4,7H2,1-2H3. The van der Waals surface area contributed by atoms with Crippen molar-refractivity contribution in [3.05, 3.63) is 18.2 Å². The monoisotopic (exact) mass is 168 g/mol. The molecule has 0 fully saturated rings. The van der Waals surface area contributed by atoms with Crippen molar-refractivity contribution >= 4 is 0 Å². The van der Waals surface area contributed by atoms with E-state index in [0.717, 1.165) is 18.7 Å². The highest BCUT2D eigenvalue weighted by Crippen LogP contribution is 2.02. The zero-order valence-electron chi connectivity index (χ0n) is 7.70. The second kappa shape index (κ2) is 4.26. The van der Waals surface area contributed by atoms with Gasteiger partial charge in [0, 0.05) is 18.9 Å². The van der Waals surface area contributed by atoms with Gasteiger partial charge in [-0.25, -0.2) is 4.98 Å². The molecule has 0 amide bonds. The molecule has 0 aliphatic carbocycles. The number of nitrogens with zero attached hydrogens (tertiary/aromatic N) is 2. The average Bonchev–Trinajstić information content (AvgIpc) is 2.37. The predicted molar refractivity (Wildman–Crippen MR) is 47.9 cm³/mol. The van der Waals surface area contributed by atoms with E-state index >= 15 is 0 Å². The number of aromatic nitrogens is 2. The van der Waals surface area contributed by atoms with Gasteiger partial charge in [0.05, 0.1) is 6.10 Å². The minimum Gasteiger partial charge on any atom is -0.391 e. The van der Waals surface area contributed by atoms with Crippen molar-refractivity contribution in [2.24, 2.45) is 0 Å². The van der Waals surface area contributed by atoms with Gasteiger partial charge in [-0.15, -0.1) is 0 Å². The van der Waals surface area contributed by atoms with Crippen molar-refractivity contribution in [2.75, 3.05) is 0 Å². The highest BCUT2D eigenvalue weighted by Gasteiger charge is 2.04. The Hall–Kier alpha value is -0.830. The van der Waals surface area contributed by atoms with Crippen LogP contribution in [-0.2, 0) is 6.54 Å². The van der Waals surface area contributed by atoms with Crippen molar-refractivity contribution in [1.29, 1.82) is 0 Å². The van der Waals surface area contributed by atoms with E-state index in [-0.39, 0.29) is 6.10 Å². The number of rotatable bonds is 4. The lowest BCUT2D eigenvalue weighted by Gasteiger charge is -2.10. The Morgan fingerprint density at radius 1 is 1.67 bits per heavy atom. The van der Waals surface area contributed by atoms with Gasteiger partial charge in [0.15, 0.2) is 0 Å². The van der Waals surface area contributed by atoms with E-state index in [1.807, 2.05) is 17.7 Å². The van der Waals surface area contributed by atoms with Gasteiger partial charge in [-0.05, 0) is 13.3 Å². The molecule has 0 aliphatic rings. The normalized spacial score (nSPS) is 13.2. The molecule has 1 aromatic rings. The van der Waals surface area contributed by atoms with Gasteiger partial charge in [-0.1, -0.05) is 13.3 Å². The van der Waals surface area contributed by atoms with Crippen LogP contribution in [-0.4, -0.2) is 20.8 Å². The predicted octanol–water partition coefficient (Wildman–Crippen LogP) is 1.35. The molecule has 1 N–H and O–H groups in total. The molecule has 0 saturated carbocycles. The number of aliphatic hydroxyl groups excluding tert-OH is 1. The maximum atomic E-state index is 9.50. The van der Waals surface area contributed by atoms with Crippen LogP contribution in [0.1, 0.15) is 25.6 Å². The molecule has 1 rings (SSSR count). The Labute approximate surface area is 73.1 Å². The van der Waals surface area contributed by atoms with Crippen molar-refractivity contribution in [3.63, 3.8) is 0 Å². The van der Waals surface area contributed by atoms with Gasteiger partial charge >= 0.3 is 0 Å². The summed E-state index contributed by atoms with van der Waals surface area (Å²) in [6.07, 6.45) is 5.30. The first kappa shape index (κ1) is 9.26. The van der Waals surface area contributed by atoms with Crippen LogP contribution < -0.4 is 0 Å². The van der Waals surface area contributed by atoms with Crippen LogP contribution in [0.25, 0.3) is 0 Å². The number of aryl methyl sites for hydroxylation is 1. The molecule has 0 aromatic carbocycles. The van der Waals surface area contributed by atoms with Crippen LogP contribution in [0.4, 0.5) is 0 Å². The third-order valence-corrected chi connectivity index (χ3v) is 1.95. The molecule has 1 heterocycles. The topological polar surface area (TPSA) is 38.0 Å². The van der Waals surface area contributed by atoms with Crippen molar-refractivity contribution in [3.8, 4) is 0 Å². The summed E-state index contributed by atoms with van der Waals surface area (Å²) >= 11 is 0. The van der Waals surface area contributed by atoms with E-state index in [1.165, 1.54) is 0 Å². The zero-order valence-corrected chi connectivity index (χ0v) is 7.70. The first-order valence-corrected chi connectivity index (χ1v) is 4.39. The molecule has 0 aliphatic heterocycles. The van der Waals surface area contributed by atoms with Crippen molar-refractivity contribution in [1.82, 2.24) is 9.55 Å². The molecule has 0 saturated heterocycles. The van der Waals surface area contributed by atoms with E-state index in [4.69, 9.17) is 0 Å². The lowest BCUT2D eigenvalue weighted by Crippen LogP contribution is -2.15. The van der Waals surface area contributed by atoms with Gasteiger partial charge < -0.3 is 9.67 Å². The molecule has 3 heteroatoms. The Balaban J connectivity index is 2.46. The zero-order chi connectivity index (χ0) is 8.97. The molecule has 12 heavy (non-hydrogen) atoms. The highest BCUT2D eigenvalue weighted by molar-refractivity contribution is 4.88. The van der Waals surface area contributed by atoms with Crippen LogP contribution in [0.5, 0.6) is 0 Å². The lowest BCUT2D eigenvalue weighted by atomic mass is 10.2. The second-order valence-corrected chi connectivity index (χ2v) is 3.07. The summed E-state index contributed by atoms with van der Waals surface area (Å²) in [7, 11) is 0. The number of hydrogen-bond acceptors (Lipinski definition) is 2. The summed E-state index contributed by atoms with van der Waals surface area (Å²) in [5.74, 6) is 0.963. The van der Waals surface area contributed by atoms with Crippen LogP contribution in [0.15, 0.2) is 12.4 Å². The fraction of sp³-hybridized carbons (Fsp3) is 0.667. The largest absolute Gasteiger partial charge is 0.391 e. The highest BCUT2D eigenvalue weighted by atomic mass is 16.3. The van der Waals surface area contributed by atoms with E-state index in [2.05, 4.69) is 11.9 Å². The molecular weight excluding hydrogens is 152 g/mol. The Morgan fingerprint density at radius 2 is 2.42 bits per heavy atom. The Morgan fingerprint density at radius 3 is 2.92 bits per heavy atom. The molecule has 1 unspecified atom stereocenters. The number of imidazole rings is 1. The van der Waals surface area contributed by atoms with Gasteiger partial charge in [0.1, 0.15) is 5.82 Å².